The van der Waals surface area contributed by atoms with Crippen LogP contribution in [0.2, 0.25) is 0 Å². The second-order valence-corrected chi connectivity index (χ2v) is 5.53. The molecule has 1 aromatic carbocycles. The largest absolute Gasteiger partial charge is 0.491 e. The van der Waals surface area contributed by atoms with E-state index in [1.807, 2.05) is 55.6 Å². The first-order chi connectivity index (χ1) is 10.0. The highest BCUT2D eigenvalue weighted by molar-refractivity contribution is 5.62. The molecule has 0 aliphatic carbocycles. The Bertz CT molecular complexity index is 773. The van der Waals surface area contributed by atoms with Gasteiger partial charge < -0.3 is 4.74 Å². The third-order valence-corrected chi connectivity index (χ3v) is 3.28. The molecule has 0 amide bonds. The number of rotatable bonds is 3. The van der Waals surface area contributed by atoms with Gasteiger partial charge in [0.2, 0.25) is 5.78 Å². The zero-order valence-electron chi connectivity index (χ0n) is 12.8. The van der Waals surface area contributed by atoms with Gasteiger partial charge in [-0.15, -0.1) is 0 Å². The molecule has 3 rings (SSSR count). The van der Waals surface area contributed by atoms with Gasteiger partial charge in [0.1, 0.15) is 5.75 Å². The van der Waals surface area contributed by atoms with Crippen LogP contribution in [-0.2, 0) is 0 Å². The standard InChI is InChI=1S/C17H19N3O/c1-11(2)21-15-7-5-14(6-8-15)16-10-20-13(4)9-12(3)18-17(20)19-16/h5-11H,1-4H3. The molecule has 2 heterocycles. The number of aromatic nitrogens is 3. The van der Waals surface area contributed by atoms with Gasteiger partial charge in [0.15, 0.2) is 0 Å². The van der Waals surface area contributed by atoms with Crippen LogP contribution in [0.1, 0.15) is 25.2 Å². The van der Waals surface area contributed by atoms with E-state index in [0.717, 1.165) is 34.2 Å². The van der Waals surface area contributed by atoms with Crippen LogP contribution < -0.4 is 4.74 Å². The molecule has 0 spiro atoms. The van der Waals surface area contributed by atoms with Crippen molar-refractivity contribution in [1.29, 1.82) is 0 Å². The smallest absolute Gasteiger partial charge is 0.234 e. The van der Waals surface area contributed by atoms with Gasteiger partial charge in [-0.05, 0) is 58.0 Å². The summed E-state index contributed by atoms with van der Waals surface area (Å²) in [5.41, 5.74) is 4.11. The average Bonchev–Trinajstić information content (AvgIpc) is 2.83. The van der Waals surface area contributed by atoms with Crippen molar-refractivity contribution >= 4 is 5.78 Å². The topological polar surface area (TPSA) is 39.4 Å². The zero-order valence-corrected chi connectivity index (χ0v) is 12.8. The summed E-state index contributed by atoms with van der Waals surface area (Å²) >= 11 is 0. The summed E-state index contributed by atoms with van der Waals surface area (Å²) in [6.07, 6.45) is 2.20. The number of hydrogen-bond acceptors (Lipinski definition) is 3. The molecule has 4 heteroatoms. The van der Waals surface area contributed by atoms with E-state index in [9.17, 15) is 0 Å². The monoisotopic (exact) mass is 281 g/mol. The summed E-state index contributed by atoms with van der Waals surface area (Å²) in [4.78, 5) is 9.07. The SMILES string of the molecule is Cc1cc(C)n2cc(-c3ccc(OC(C)C)cc3)nc2n1. The van der Waals surface area contributed by atoms with Crippen LogP contribution in [0.4, 0.5) is 0 Å². The minimum atomic E-state index is 0.181. The van der Waals surface area contributed by atoms with Crippen molar-refractivity contribution in [2.24, 2.45) is 0 Å². The van der Waals surface area contributed by atoms with E-state index in [0.29, 0.717) is 0 Å². The molecule has 0 N–H and O–H groups in total. The number of aryl methyl sites for hydroxylation is 2. The first-order valence-electron chi connectivity index (χ1n) is 7.13. The van der Waals surface area contributed by atoms with Crippen molar-refractivity contribution < 1.29 is 4.74 Å². The van der Waals surface area contributed by atoms with E-state index in [2.05, 4.69) is 23.0 Å². The van der Waals surface area contributed by atoms with Gasteiger partial charge in [-0.25, -0.2) is 9.97 Å². The molecule has 0 aliphatic heterocycles. The third-order valence-electron chi connectivity index (χ3n) is 3.28. The number of benzene rings is 1. The Labute approximate surface area is 124 Å². The Morgan fingerprint density at radius 2 is 1.76 bits per heavy atom. The Balaban J connectivity index is 1.98. The molecule has 0 saturated heterocycles. The molecule has 0 unspecified atom stereocenters. The number of imidazole rings is 1. The van der Waals surface area contributed by atoms with Crippen LogP contribution in [-0.4, -0.2) is 20.5 Å². The summed E-state index contributed by atoms with van der Waals surface area (Å²) in [6.45, 7) is 8.09. The van der Waals surface area contributed by atoms with Crippen molar-refractivity contribution in [2.75, 3.05) is 0 Å². The van der Waals surface area contributed by atoms with Crippen molar-refractivity contribution in [3.05, 3.63) is 47.9 Å². The van der Waals surface area contributed by atoms with Crippen molar-refractivity contribution in [3.8, 4) is 17.0 Å². The van der Waals surface area contributed by atoms with Crippen LogP contribution in [0.5, 0.6) is 5.75 Å². The maximum absolute atomic E-state index is 5.66. The van der Waals surface area contributed by atoms with E-state index < -0.39 is 0 Å². The molecule has 0 fully saturated rings. The molecule has 0 bridgehead atoms. The Kier molecular flexibility index (Phi) is 3.37. The van der Waals surface area contributed by atoms with Crippen molar-refractivity contribution in [1.82, 2.24) is 14.4 Å². The lowest BCUT2D eigenvalue weighted by molar-refractivity contribution is 0.242. The fourth-order valence-electron chi connectivity index (χ4n) is 2.39. The Morgan fingerprint density at radius 1 is 1.05 bits per heavy atom. The molecule has 3 aromatic rings. The second-order valence-electron chi connectivity index (χ2n) is 5.53. The van der Waals surface area contributed by atoms with Crippen LogP contribution >= 0.6 is 0 Å². The summed E-state index contributed by atoms with van der Waals surface area (Å²) in [5.74, 6) is 1.62. The van der Waals surface area contributed by atoms with Gasteiger partial charge in [0, 0.05) is 23.1 Å². The second kappa shape index (κ2) is 5.20. The Hall–Kier alpha value is -2.36. The third kappa shape index (κ3) is 2.75. The van der Waals surface area contributed by atoms with E-state index >= 15 is 0 Å². The predicted molar refractivity (Wildman–Crippen MR) is 83.7 cm³/mol. The van der Waals surface area contributed by atoms with Crippen LogP contribution in [0.25, 0.3) is 17.0 Å². The fourth-order valence-corrected chi connectivity index (χ4v) is 2.39. The predicted octanol–water partition coefficient (Wildman–Crippen LogP) is 3.80. The minimum Gasteiger partial charge on any atom is -0.491 e. The van der Waals surface area contributed by atoms with Crippen LogP contribution in [0.3, 0.4) is 0 Å². The maximum Gasteiger partial charge on any atom is 0.234 e. The van der Waals surface area contributed by atoms with Gasteiger partial charge in [0.05, 0.1) is 11.8 Å². The number of fused-ring (bicyclic) bond motifs is 1. The zero-order chi connectivity index (χ0) is 15.0. The van der Waals surface area contributed by atoms with Crippen molar-refractivity contribution in [3.63, 3.8) is 0 Å². The lowest BCUT2D eigenvalue weighted by Crippen LogP contribution is -2.05. The first-order valence-corrected chi connectivity index (χ1v) is 7.13. The average molecular weight is 281 g/mol. The molecular weight excluding hydrogens is 262 g/mol. The van der Waals surface area contributed by atoms with Gasteiger partial charge >= 0.3 is 0 Å². The highest BCUT2D eigenvalue weighted by atomic mass is 16.5. The van der Waals surface area contributed by atoms with E-state index in [4.69, 9.17) is 4.74 Å². The van der Waals surface area contributed by atoms with Crippen molar-refractivity contribution in [2.45, 2.75) is 33.8 Å². The first kappa shape index (κ1) is 13.6. The van der Waals surface area contributed by atoms with E-state index in [-0.39, 0.29) is 6.10 Å². The summed E-state index contributed by atoms with van der Waals surface area (Å²) in [5, 5.41) is 0. The normalized spacial score (nSPS) is 11.3. The number of ether oxygens (including phenoxy) is 1. The lowest BCUT2D eigenvalue weighted by Gasteiger charge is -2.09. The lowest BCUT2D eigenvalue weighted by atomic mass is 10.1. The summed E-state index contributed by atoms with van der Waals surface area (Å²) < 4.78 is 7.68. The summed E-state index contributed by atoms with van der Waals surface area (Å²) in [6, 6.07) is 10.1. The highest BCUT2D eigenvalue weighted by Gasteiger charge is 2.08. The molecule has 2 aromatic heterocycles. The van der Waals surface area contributed by atoms with Gasteiger partial charge in [-0.2, -0.15) is 0 Å². The van der Waals surface area contributed by atoms with Gasteiger partial charge in [0.25, 0.3) is 0 Å². The molecule has 21 heavy (non-hydrogen) atoms. The summed E-state index contributed by atoms with van der Waals surface area (Å²) in [7, 11) is 0. The molecule has 0 saturated carbocycles. The van der Waals surface area contributed by atoms with Crippen LogP contribution in [0, 0.1) is 13.8 Å². The Morgan fingerprint density at radius 3 is 2.43 bits per heavy atom. The maximum atomic E-state index is 5.66. The van der Waals surface area contributed by atoms with E-state index in [1.165, 1.54) is 0 Å². The number of hydrogen-bond donors (Lipinski definition) is 0. The number of nitrogens with zero attached hydrogens (tertiary/aromatic N) is 3. The molecule has 0 radical (unpaired) electrons. The van der Waals surface area contributed by atoms with Gasteiger partial charge in [-0.3, -0.25) is 4.40 Å². The molecule has 0 atom stereocenters. The van der Waals surface area contributed by atoms with E-state index in [1.54, 1.807) is 0 Å². The molecule has 0 aliphatic rings. The minimum absolute atomic E-state index is 0.181. The molecule has 108 valence electrons. The van der Waals surface area contributed by atoms with Gasteiger partial charge in [-0.1, -0.05) is 0 Å². The van der Waals surface area contributed by atoms with Crippen LogP contribution in [0.15, 0.2) is 36.5 Å². The fraction of sp³-hybridized carbons (Fsp3) is 0.294. The molecular formula is C17H19N3O. The molecule has 4 nitrogen and oxygen atoms in total. The highest BCUT2D eigenvalue weighted by Crippen LogP contribution is 2.23. The quantitative estimate of drug-likeness (QED) is 0.733.